The summed E-state index contributed by atoms with van der Waals surface area (Å²) >= 11 is 5.81. The number of esters is 1. The van der Waals surface area contributed by atoms with Crippen LogP contribution in [0.4, 0.5) is 4.39 Å². The molecule has 3 aromatic rings. The smallest absolute Gasteiger partial charge is 0.341 e. The third-order valence-corrected chi connectivity index (χ3v) is 5.30. The lowest BCUT2D eigenvalue weighted by Gasteiger charge is -2.06. The van der Waals surface area contributed by atoms with Gasteiger partial charge in [0, 0.05) is 10.6 Å². The number of carbonyl (C=O) groups excluding carboxylic acids is 1. The van der Waals surface area contributed by atoms with Gasteiger partial charge in [0.1, 0.15) is 5.82 Å². The van der Waals surface area contributed by atoms with E-state index in [2.05, 4.69) is 14.9 Å². The average Bonchev–Trinajstić information content (AvgIpc) is 3.16. The first-order chi connectivity index (χ1) is 13.3. The maximum absolute atomic E-state index is 13.9. The molecule has 0 amide bonds. The Morgan fingerprint density at radius 1 is 1.25 bits per heavy atom. The summed E-state index contributed by atoms with van der Waals surface area (Å²) in [7, 11) is -2.64. The van der Waals surface area contributed by atoms with Crippen molar-refractivity contribution in [2.24, 2.45) is 0 Å². The van der Waals surface area contributed by atoms with Crippen LogP contribution in [-0.4, -0.2) is 31.6 Å². The van der Waals surface area contributed by atoms with Crippen molar-refractivity contribution in [1.82, 2.24) is 14.9 Å². The molecule has 0 saturated carbocycles. The topological polar surface area (TPSA) is 111 Å². The normalized spacial score (nSPS) is 11.4. The maximum Gasteiger partial charge on any atom is 0.341 e. The summed E-state index contributed by atoms with van der Waals surface area (Å²) in [6.07, 6.45) is 0. The molecular weight excluding hydrogens is 413 g/mol. The van der Waals surface area contributed by atoms with E-state index < -0.39 is 34.0 Å². The van der Waals surface area contributed by atoms with E-state index in [0.717, 1.165) is 18.2 Å². The number of halogens is 2. The lowest BCUT2D eigenvalue weighted by atomic mass is 10.2. The first-order valence-corrected chi connectivity index (χ1v) is 9.65. The van der Waals surface area contributed by atoms with Gasteiger partial charge in [0.05, 0.1) is 10.5 Å². The Kier molecular flexibility index (Phi) is 5.73. The highest BCUT2D eigenvalue weighted by molar-refractivity contribution is 7.89. The Morgan fingerprint density at radius 3 is 2.64 bits per heavy atom. The summed E-state index contributed by atoms with van der Waals surface area (Å²) in [5, 5.41) is 4.31. The van der Waals surface area contributed by atoms with Gasteiger partial charge in [-0.25, -0.2) is 22.3 Å². The van der Waals surface area contributed by atoms with Crippen LogP contribution < -0.4 is 4.72 Å². The zero-order chi connectivity index (χ0) is 20.3. The molecule has 1 N–H and O–H groups in total. The molecule has 0 radical (unpaired) electrons. The fourth-order valence-corrected chi connectivity index (χ4v) is 3.06. The molecule has 0 spiro atoms. The Balaban J connectivity index is 1.73. The van der Waals surface area contributed by atoms with Gasteiger partial charge in [-0.1, -0.05) is 16.8 Å². The van der Waals surface area contributed by atoms with Gasteiger partial charge in [-0.05, 0) is 49.5 Å². The molecule has 146 valence electrons. The molecule has 0 atom stereocenters. The van der Waals surface area contributed by atoms with Crippen molar-refractivity contribution in [2.45, 2.75) is 11.5 Å². The number of aromatic nitrogens is 2. The van der Waals surface area contributed by atoms with Gasteiger partial charge in [0.25, 0.3) is 5.89 Å². The van der Waals surface area contributed by atoms with Gasteiger partial charge in [-0.15, -0.1) is 0 Å². The predicted octanol–water partition coefficient (Wildman–Crippen LogP) is 2.79. The van der Waals surface area contributed by atoms with E-state index in [0.29, 0.717) is 10.6 Å². The van der Waals surface area contributed by atoms with E-state index in [1.807, 2.05) is 0 Å². The van der Waals surface area contributed by atoms with Gasteiger partial charge in [0.15, 0.2) is 6.61 Å². The highest BCUT2D eigenvalue weighted by Gasteiger charge is 2.20. The number of sulfonamides is 1. The second kappa shape index (κ2) is 8.05. The number of hydrogen-bond acceptors (Lipinski definition) is 7. The summed E-state index contributed by atoms with van der Waals surface area (Å²) in [4.78, 5) is 15.9. The van der Waals surface area contributed by atoms with Crippen molar-refractivity contribution in [2.75, 3.05) is 7.05 Å². The molecule has 0 saturated heterocycles. The number of benzene rings is 2. The maximum atomic E-state index is 13.9. The Bertz CT molecular complexity index is 1120. The monoisotopic (exact) mass is 425 g/mol. The van der Waals surface area contributed by atoms with Crippen molar-refractivity contribution in [1.29, 1.82) is 0 Å². The molecule has 11 heteroatoms. The Hall–Kier alpha value is -2.82. The number of nitrogens with one attached hydrogen (secondary N) is 1. The van der Waals surface area contributed by atoms with E-state index >= 15 is 0 Å². The predicted molar refractivity (Wildman–Crippen MR) is 96.5 cm³/mol. The molecule has 1 heterocycles. The Morgan fingerprint density at radius 2 is 1.96 bits per heavy atom. The van der Waals surface area contributed by atoms with Gasteiger partial charge in [-0.3, -0.25) is 0 Å². The first-order valence-electron chi connectivity index (χ1n) is 7.79. The molecule has 3 rings (SSSR count). The molecule has 0 aliphatic carbocycles. The third kappa shape index (κ3) is 4.35. The number of carbonyl (C=O) groups is 1. The number of ether oxygens (including phenoxy) is 1. The van der Waals surface area contributed by atoms with E-state index in [1.165, 1.54) is 7.05 Å². The van der Waals surface area contributed by atoms with Crippen molar-refractivity contribution in [3.63, 3.8) is 0 Å². The second-order valence-electron chi connectivity index (χ2n) is 5.44. The highest BCUT2D eigenvalue weighted by atomic mass is 35.5. The van der Waals surface area contributed by atoms with E-state index in [-0.39, 0.29) is 16.6 Å². The Labute approximate surface area is 164 Å². The van der Waals surface area contributed by atoms with Gasteiger partial charge < -0.3 is 9.26 Å². The number of hydrogen-bond donors (Lipinski definition) is 1. The summed E-state index contributed by atoms with van der Waals surface area (Å²) < 4.78 is 49.5. The minimum Gasteiger partial charge on any atom is -0.452 e. The van der Waals surface area contributed by atoms with Crippen LogP contribution in [-0.2, 0) is 21.4 Å². The van der Waals surface area contributed by atoms with Crippen LogP contribution in [0.5, 0.6) is 0 Å². The minimum atomic E-state index is -3.84. The lowest BCUT2D eigenvalue weighted by molar-refractivity contribution is 0.0424. The van der Waals surface area contributed by atoms with E-state index in [4.69, 9.17) is 20.9 Å². The van der Waals surface area contributed by atoms with E-state index in [1.54, 1.807) is 24.3 Å². The summed E-state index contributed by atoms with van der Waals surface area (Å²) in [6, 6.07) is 9.47. The van der Waals surface area contributed by atoms with Gasteiger partial charge in [-0.2, -0.15) is 4.98 Å². The van der Waals surface area contributed by atoms with Crippen LogP contribution >= 0.6 is 11.6 Å². The first kappa shape index (κ1) is 19.9. The van der Waals surface area contributed by atoms with E-state index in [9.17, 15) is 17.6 Å². The van der Waals surface area contributed by atoms with Crippen molar-refractivity contribution >= 4 is 27.6 Å². The second-order valence-corrected chi connectivity index (χ2v) is 7.77. The van der Waals surface area contributed by atoms with Gasteiger partial charge >= 0.3 is 5.97 Å². The molecule has 28 heavy (non-hydrogen) atoms. The fraction of sp³-hybridized carbons (Fsp3) is 0.118. The van der Waals surface area contributed by atoms with Crippen LogP contribution in [0.15, 0.2) is 51.9 Å². The molecule has 0 aliphatic heterocycles. The van der Waals surface area contributed by atoms with Crippen molar-refractivity contribution in [3.8, 4) is 11.4 Å². The molecule has 0 aliphatic rings. The van der Waals surface area contributed by atoms with Crippen molar-refractivity contribution in [3.05, 3.63) is 64.8 Å². The quantitative estimate of drug-likeness (QED) is 0.604. The lowest BCUT2D eigenvalue weighted by Crippen LogP contribution is -2.19. The third-order valence-electron chi connectivity index (χ3n) is 3.63. The molecule has 8 nitrogen and oxygen atoms in total. The largest absolute Gasteiger partial charge is 0.452 e. The number of rotatable bonds is 6. The summed E-state index contributed by atoms with van der Waals surface area (Å²) in [6.45, 7) is -0.415. The fourth-order valence-electron chi connectivity index (χ4n) is 2.18. The van der Waals surface area contributed by atoms with Crippen LogP contribution in [0.2, 0.25) is 5.02 Å². The van der Waals surface area contributed by atoms with Crippen LogP contribution in [0, 0.1) is 5.82 Å². The molecule has 0 unspecified atom stereocenters. The minimum absolute atomic E-state index is 0.0160. The molecule has 2 aromatic carbocycles. The van der Waals surface area contributed by atoms with Crippen LogP contribution in [0.25, 0.3) is 11.4 Å². The molecule has 1 aromatic heterocycles. The SMILES string of the molecule is CNS(=O)(=O)c1ccc(F)c(C(=O)OCc2nc(-c3ccc(Cl)cc3)no2)c1. The average molecular weight is 426 g/mol. The van der Waals surface area contributed by atoms with Crippen LogP contribution in [0.3, 0.4) is 0 Å². The molecular formula is C17H13ClFN3O5S. The van der Waals surface area contributed by atoms with Crippen molar-refractivity contribution < 1.29 is 26.9 Å². The zero-order valence-corrected chi connectivity index (χ0v) is 15.9. The molecule has 0 bridgehead atoms. The standard InChI is InChI=1S/C17H13ClFN3O5S/c1-20-28(24,25)12-6-7-14(19)13(8-12)17(23)26-9-15-21-16(22-27-15)10-2-4-11(18)5-3-10/h2-8,20H,9H2,1H3. The summed E-state index contributed by atoms with van der Waals surface area (Å²) in [5.41, 5.74) is 0.107. The molecule has 0 fully saturated rings. The zero-order valence-electron chi connectivity index (χ0n) is 14.3. The van der Waals surface area contributed by atoms with Crippen LogP contribution in [0.1, 0.15) is 16.2 Å². The highest BCUT2D eigenvalue weighted by Crippen LogP contribution is 2.20. The number of nitrogens with zero attached hydrogens (tertiary/aromatic N) is 2. The van der Waals surface area contributed by atoms with Gasteiger partial charge in [0.2, 0.25) is 15.8 Å². The summed E-state index contributed by atoms with van der Waals surface area (Å²) in [5.74, 6) is -1.75.